The molecule has 3 N–H and O–H groups in total. The summed E-state index contributed by atoms with van der Waals surface area (Å²) in [4.78, 5) is 11.8. The molecule has 0 aliphatic carbocycles. The van der Waals surface area contributed by atoms with Gasteiger partial charge in [-0.3, -0.25) is 4.79 Å². The molecule has 0 saturated heterocycles. The van der Waals surface area contributed by atoms with Crippen LogP contribution >= 0.6 is 0 Å². The van der Waals surface area contributed by atoms with Crippen LogP contribution in [0.2, 0.25) is 0 Å². The molecule has 0 aromatic heterocycles. The van der Waals surface area contributed by atoms with Gasteiger partial charge in [-0.05, 0) is 36.6 Å². The molecule has 0 fully saturated rings. The van der Waals surface area contributed by atoms with Crippen LogP contribution in [0.5, 0.6) is 0 Å². The van der Waals surface area contributed by atoms with Crippen LogP contribution in [-0.2, 0) is 11.2 Å². The second-order valence-corrected chi connectivity index (χ2v) is 4.84. The second kappa shape index (κ2) is 7.24. The van der Waals surface area contributed by atoms with Crippen molar-refractivity contribution in [3.63, 3.8) is 0 Å². The minimum atomic E-state index is -0.0892. The summed E-state index contributed by atoms with van der Waals surface area (Å²) in [7, 11) is 0. The van der Waals surface area contributed by atoms with Crippen molar-refractivity contribution in [3.8, 4) is 0 Å². The van der Waals surface area contributed by atoms with E-state index in [2.05, 4.69) is 10.5 Å². The molecule has 21 heavy (non-hydrogen) atoms. The van der Waals surface area contributed by atoms with Gasteiger partial charge in [-0.1, -0.05) is 42.5 Å². The largest absolute Gasteiger partial charge is 0.399 e. The van der Waals surface area contributed by atoms with Gasteiger partial charge in [0.1, 0.15) is 0 Å². The summed E-state index contributed by atoms with van der Waals surface area (Å²) in [6.45, 7) is 1.85. The molecule has 0 radical (unpaired) electrons. The van der Waals surface area contributed by atoms with Crippen molar-refractivity contribution in [1.29, 1.82) is 0 Å². The number of nitrogens with one attached hydrogen (secondary N) is 1. The highest BCUT2D eigenvalue weighted by atomic mass is 16.2. The van der Waals surface area contributed by atoms with Crippen molar-refractivity contribution in [2.24, 2.45) is 5.10 Å². The standard InChI is InChI=1S/C17H19N3O/c1-13(15-8-10-16(18)11-9-15)19-20-17(21)12-7-14-5-3-2-4-6-14/h2-6,8-11H,7,12,18H2,1H3,(H,20,21)/b19-13-. The Balaban J connectivity index is 1.85. The lowest BCUT2D eigenvalue weighted by Crippen LogP contribution is -2.19. The van der Waals surface area contributed by atoms with Gasteiger partial charge in [-0.2, -0.15) is 5.10 Å². The van der Waals surface area contributed by atoms with Crippen molar-refractivity contribution in [1.82, 2.24) is 5.43 Å². The van der Waals surface area contributed by atoms with Crippen LogP contribution in [0.25, 0.3) is 0 Å². The van der Waals surface area contributed by atoms with Crippen LogP contribution in [0, 0.1) is 0 Å². The molecule has 2 rings (SSSR count). The van der Waals surface area contributed by atoms with Gasteiger partial charge in [0, 0.05) is 12.1 Å². The summed E-state index contributed by atoms with van der Waals surface area (Å²) in [5, 5.41) is 4.11. The van der Waals surface area contributed by atoms with Crippen LogP contribution in [0.3, 0.4) is 0 Å². The Morgan fingerprint density at radius 3 is 2.43 bits per heavy atom. The minimum absolute atomic E-state index is 0.0892. The van der Waals surface area contributed by atoms with E-state index < -0.39 is 0 Å². The van der Waals surface area contributed by atoms with E-state index in [1.807, 2.05) is 61.5 Å². The Kier molecular flexibility index (Phi) is 5.10. The maximum atomic E-state index is 11.8. The third-order valence-electron chi connectivity index (χ3n) is 3.16. The molecule has 0 unspecified atom stereocenters. The van der Waals surface area contributed by atoms with Crippen molar-refractivity contribution < 1.29 is 4.79 Å². The number of carbonyl (C=O) groups excluding carboxylic acids is 1. The Labute approximate surface area is 124 Å². The molecule has 0 heterocycles. The maximum absolute atomic E-state index is 11.8. The summed E-state index contributed by atoms with van der Waals surface area (Å²) >= 11 is 0. The number of nitrogens with zero attached hydrogens (tertiary/aromatic N) is 1. The summed E-state index contributed by atoms with van der Waals surface area (Å²) in [5.41, 5.74) is 11.8. The Morgan fingerprint density at radius 2 is 1.76 bits per heavy atom. The van der Waals surface area contributed by atoms with Crippen molar-refractivity contribution in [3.05, 3.63) is 65.7 Å². The lowest BCUT2D eigenvalue weighted by Gasteiger charge is -2.04. The number of hydrogen-bond acceptors (Lipinski definition) is 3. The smallest absolute Gasteiger partial charge is 0.240 e. The summed E-state index contributed by atoms with van der Waals surface area (Å²) in [6, 6.07) is 17.3. The molecular weight excluding hydrogens is 262 g/mol. The van der Waals surface area contributed by atoms with Crippen LogP contribution < -0.4 is 11.2 Å². The van der Waals surface area contributed by atoms with Gasteiger partial charge < -0.3 is 5.73 Å². The first-order valence-corrected chi connectivity index (χ1v) is 6.88. The Hall–Kier alpha value is -2.62. The van der Waals surface area contributed by atoms with Crippen molar-refractivity contribution in [2.75, 3.05) is 5.73 Å². The molecule has 0 spiro atoms. The molecule has 1 amide bonds. The van der Waals surface area contributed by atoms with Crippen LogP contribution in [0.15, 0.2) is 59.7 Å². The van der Waals surface area contributed by atoms with Crippen LogP contribution in [0.1, 0.15) is 24.5 Å². The van der Waals surface area contributed by atoms with E-state index in [0.717, 1.165) is 16.8 Å². The number of hydrogen-bond donors (Lipinski definition) is 2. The molecular formula is C17H19N3O. The number of carbonyl (C=O) groups is 1. The van der Waals surface area contributed by atoms with Crippen LogP contribution in [0.4, 0.5) is 5.69 Å². The van der Waals surface area contributed by atoms with E-state index in [0.29, 0.717) is 18.5 Å². The number of aryl methyl sites for hydroxylation is 1. The normalized spacial score (nSPS) is 11.2. The molecule has 0 aliphatic heterocycles. The second-order valence-electron chi connectivity index (χ2n) is 4.84. The van der Waals surface area contributed by atoms with E-state index in [9.17, 15) is 4.79 Å². The zero-order valence-electron chi connectivity index (χ0n) is 12.0. The number of nitrogens with two attached hydrogens (primary N) is 1. The van der Waals surface area contributed by atoms with E-state index >= 15 is 0 Å². The SMILES string of the molecule is C/C(=N/NC(=O)CCc1ccccc1)c1ccc(N)cc1. The molecule has 0 saturated carbocycles. The lowest BCUT2D eigenvalue weighted by atomic mass is 10.1. The maximum Gasteiger partial charge on any atom is 0.240 e. The lowest BCUT2D eigenvalue weighted by molar-refractivity contribution is -0.121. The molecule has 4 heteroatoms. The summed E-state index contributed by atoms with van der Waals surface area (Å²) in [6.07, 6.45) is 1.13. The molecule has 0 atom stereocenters. The van der Waals surface area contributed by atoms with Gasteiger partial charge in [0.25, 0.3) is 0 Å². The van der Waals surface area contributed by atoms with Gasteiger partial charge in [0.15, 0.2) is 0 Å². The van der Waals surface area contributed by atoms with E-state index in [4.69, 9.17) is 5.73 Å². The van der Waals surface area contributed by atoms with Crippen LogP contribution in [-0.4, -0.2) is 11.6 Å². The first-order chi connectivity index (χ1) is 10.1. The number of nitrogen functional groups attached to an aromatic ring is 1. The number of hydrazone groups is 1. The number of amides is 1. The Bertz CT molecular complexity index is 618. The minimum Gasteiger partial charge on any atom is -0.399 e. The van der Waals surface area contributed by atoms with E-state index in [1.165, 1.54) is 0 Å². The molecule has 108 valence electrons. The number of anilines is 1. The highest BCUT2D eigenvalue weighted by molar-refractivity contribution is 5.99. The fourth-order valence-electron chi connectivity index (χ4n) is 1.89. The highest BCUT2D eigenvalue weighted by Gasteiger charge is 2.02. The fourth-order valence-corrected chi connectivity index (χ4v) is 1.89. The average molecular weight is 281 g/mol. The fraction of sp³-hybridized carbons (Fsp3) is 0.176. The van der Waals surface area contributed by atoms with Gasteiger partial charge in [-0.25, -0.2) is 5.43 Å². The first kappa shape index (κ1) is 14.8. The highest BCUT2D eigenvalue weighted by Crippen LogP contribution is 2.06. The third kappa shape index (κ3) is 4.76. The molecule has 0 bridgehead atoms. The number of rotatable bonds is 5. The topological polar surface area (TPSA) is 67.5 Å². The third-order valence-corrected chi connectivity index (χ3v) is 3.16. The zero-order valence-corrected chi connectivity index (χ0v) is 12.0. The van der Waals surface area contributed by atoms with Crippen molar-refractivity contribution in [2.45, 2.75) is 19.8 Å². The van der Waals surface area contributed by atoms with Gasteiger partial charge >= 0.3 is 0 Å². The summed E-state index contributed by atoms with van der Waals surface area (Å²) < 4.78 is 0. The summed E-state index contributed by atoms with van der Waals surface area (Å²) in [5.74, 6) is -0.0892. The number of benzene rings is 2. The van der Waals surface area contributed by atoms with Crippen molar-refractivity contribution >= 4 is 17.3 Å². The van der Waals surface area contributed by atoms with Gasteiger partial charge in [-0.15, -0.1) is 0 Å². The molecule has 0 aliphatic rings. The van der Waals surface area contributed by atoms with E-state index in [1.54, 1.807) is 0 Å². The molecule has 4 nitrogen and oxygen atoms in total. The Morgan fingerprint density at radius 1 is 1.10 bits per heavy atom. The first-order valence-electron chi connectivity index (χ1n) is 6.88. The predicted octanol–water partition coefficient (Wildman–Crippen LogP) is 2.74. The van der Waals surface area contributed by atoms with Gasteiger partial charge in [0.2, 0.25) is 5.91 Å². The predicted molar refractivity (Wildman–Crippen MR) is 86.0 cm³/mol. The average Bonchev–Trinajstić information content (AvgIpc) is 2.52. The molecule has 2 aromatic rings. The van der Waals surface area contributed by atoms with E-state index in [-0.39, 0.29) is 5.91 Å². The quantitative estimate of drug-likeness (QED) is 0.502. The monoisotopic (exact) mass is 281 g/mol. The van der Waals surface area contributed by atoms with Gasteiger partial charge in [0.05, 0.1) is 5.71 Å². The molecule has 2 aromatic carbocycles. The zero-order chi connectivity index (χ0) is 15.1.